The first-order valence-electron chi connectivity index (χ1n) is 8.78. The van der Waals surface area contributed by atoms with E-state index in [2.05, 4.69) is 31.2 Å². The fourth-order valence-electron chi connectivity index (χ4n) is 2.52. The summed E-state index contributed by atoms with van der Waals surface area (Å²) < 4.78 is 7.52. The third-order valence-corrected chi connectivity index (χ3v) is 6.31. The Kier molecular flexibility index (Phi) is 8.50. The van der Waals surface area contributed by atoms with E-state index in [1.165, 1.54) is 35.9 Å². The summed E-state index contributed by atoms with van der Waals surface area (Å²) in [6.45, 7) is 2.21. The molecule has 0 heterocycles. The van der Waals surface area contributed by atoms with Gasteiger partial charge >= 0.3 is 156 Å². The number of nitro groups is 1. The van der Waals surface area contributed by atoms with Gasteiger partial charge < -0.3 is 0 Å². The first-order valence-corrected chi connectivity index (χ1v) is 10.8. The fraction of sp³-hybridized carbons (Fsp3) is 0.400. The summed E-state index contributed by atoms with van der Waals surface area (Å²) in [5.74, 6) is 0.718. The van der Waals surface area contributed by atoms with Gasteiger partial charge in [-0.1, -0.05) is 0 Å². The second-order valence-corrected chi connectivity index (χ2v) is 8.26. The monoisotopic (exact) mass is 407 g/mol. The Hall–Kier alpha value is -1.84. The topological polar surface area (TPSA) is 52.4 Å². The maximum atomic E-state index is 10.8. The van der Waals surface area contributed by atoms with E-state index in [0.29, 0.717) is 15.0 Å². The SMILES string of the molecule is CCCCCCC(C[Se]c1ccccc1)Oc1ccc([N+](=O)[O-])cc1. The Balaban J connectivity index is 1.93. The molecule has 2 aromatic carbocycles. The van der Waals surface area contributed by atoms with Crippen LogP contribution < -0.4 is 9.20 Å². The van der Waals surface area contributed by atoms with Crippen molar-refractivity contribution in [3.05, 3.63) is 64.7 Å². The van der Waals surface area contributed by atoms with Gasteiger partial charge in [0, 0.05) is 0 Å². The van der Waals surface area contributed by atoms with Crippen molar-refractivity contribution in [2.24, 2.45) is 0 Å². The average Bonchev–Trinajstić information content (AvgIpc) is 2.64. The first-order chi connectivity index (χ1) is 12.2. The maximum absolute atomic E-state index is 10.8. The number of hydrogen-bond donors (Lipinski definition) is 0. The van der Waals surface area contributed by atoms with E-state index in [4.69, 9.17) is 4.74 Å². The predicted octanol–water partition coefficient (Wildman–Crippen LogP) is 4.76. The molecule has 0 spiro atoms. The quantitative estimate of drug-likeness (QED) is 0.234. The molecular weight excluding hydrogens is 381 g/mol. The van der Waals surface area contributed by atoms with Crippen LogP contribution >= 0.6 is 0 Å². The van der Waals surface area contributed by atoms with Crippen LogP contribution in [-0.2, 0) is 0 Å². The molecule has 1 atom stereocenters. The van der Waals surface area contributed by atoms with Gasteiger partial charge in [-0.05, 0) is 0 Å². The molecule has 4 nitrogen and oxygen atoms in total. The summed E-state index contributed by atoms with van der Waals surface area (Å²) in [5.41, 5.74) is 0.0975. The number of nitro benzene ring substituents is 1. The van der Waals surface area contributed by atoms with Crippen LogP contribution in [0.5, 0.6) is 5.75 Å². The van der Waals surface area contributed by atoms with Crippen LogP contribution in [0.4, 0.5) is 5.69 Å². The number of non-ortho nitro benzene ring substituents is 1. The molecular formula is C20H25NO3Se. The van der Waals surface area contributed by atoms with Crippen molar-refractivity contribution < 1.29 is 9.66 Å². The average molecular weight is 406 g/mol. The normalized spacial score (nSPS) is 11.9. The molecule has 0 aliphatic rings. The van der Waals surface area contributed by atoms with E-state index < -0.39 is 0 Å². The van der Waals surface area contributed by atoms with Gasteiger partial charge in [-0.3, -0.25) is 0 Å². The zero-order chi connectivity index (χ0) is 17.9. The number of nitrogens with zero attached hydrogens (tertiary/aromatic N) is 1. The van der Waals surface area contributed by atoms with Gasteiger partial charge in [0.2, 0.25) is 0 Å². The van der Waals surface area contributed by atoms with E-state index in [1.807, 2.05) is 6.07 Å². The predicted molar refractivity (Wildman–Crippen MR) is 103 cm³/mol. The zero-order valence-electron chi connectivity index (χ0n) is 14.6. The molecule has 134 valence electrons. The number of unbranched alkanes of at least 4 members (excludes halogenated alkanes) is 3. The van der Waals surface area contributed by atoms with Gasteiger partial charge in [0.05, 0.1) is 0 Å². The van der Waals surface area contributed by atoms with E-state index in [9.17, 15) is 10.1 Å². The van der Waals surface area contributed by atoms with Crippen molar-refractivity contribution in [1.29, 1.82) is 0 Å². The summed E-state index contributed by atoms with van der Waals surface area (Å²) >= 11 is 0.372. The van der Waals surface area contributed by atoms with E-state index >= 15 is 0 Å². The molecule has 0 aromatic heterocycles. The number of hydrogen-bond acceptors (Lipinski definition) is 3. The minimum atomic E-state index is -0.384. The second kappa shape index (κ2) is 10.9. The van der Waals surface area contributed by atoms with Crippen molar-refractivity contribution >= 4 is 25.1 Å². The molecule has 5 heteroatoms. The molecule has 0 N–H and O–H groups in total. The minimum absolute atomic E-state index is 0.0975. The number of rotatable bonds is 11. The van der Waals surface area contributed by atoms with E-state index in [-0.39, 0.29) is 16.7 Å². The van der Waals surface area contributed by atoms with Gasteiger partial charge in [-0.2, -0.15) is 0 Å². The van der Waals surface area contributed by atoms with Gasteiger partial charge in [-0.15, -0.1) is 0 Å². The van der Waals surface area contributed by atoms with Crippen LogP contribution in [0.2, 0.25) is 5.32 Å². The standard InChI is InChI=1S/C20H25NO3Se/c1-2-3-4-6-9-19(16-25-20-10-7-5-8-11-20)24-18-14-12-17(13-15-18)21(22)23/h5,7-8,10-15,19H,2-4,6,9,16H2,1H3. The summed E-state index contributed by atoms with van der Waals surface area (Å²) in [7, 11) is 0. The third kappa shape index (κ3) is 7.29. The van der Waals surface area contributed by atoms with Crippen LogP contribution in [0.3, 0.4) is 0 Å². The van der Waals surface area contributed by atoms with E-state index in [0.717, 1.165) is 23.9 Å². The van der Waals surface area contributed by atoms with Crippen LogP contribution in [0.1, 0.15) is 39.0 Å². The molecule has 0 saturated carbocycles. The van der Waals surface area contributed by atoms with Crippen LogP contribution in [0.25, 0.3) is 0 Å². The van der Waals surface area contributed by atoms with Gasteiger partial charge in [0.15, 0.2) is 0 Å². The molecule has 0 fully saturated rings. The molecule has 2 aromatic rings. The van der Waals surface area contributed by atoms with Crippen molar-refractivity contribution in [3.63, 3.8) is 0 Å². The second-order valence-electron chi connectivity index (χ2n) is 5.96. The molecule has 0 saturated heterocycles. The Morgan fingerprint density at radius 2 is 1.76 bits per heavy atom. The molecule has 0 aliphatic carbocycles. The van der Waals surface area contributed by atoms with Crippen molar-refractivity contribution in [1.82, 2.24) is 0 Å². The van der Waals surface area contributed by atoms with Crippen LogP contribution in [0, 0.1) is 10.1 Å². The van der Waals surface area contributed by atoms with Crippen LogP contribution in [0.15, 0.2) is 54.6 Å². The summed E-state index contributed by atoms with van der Waals surface area (Å²) in [6.07, 6.45) is 6.07. The first kappa shape index (κ1) is 19.5. The molecule has 2 rings (SSSR count). The molecule has 0 bridgehead atoms. The molecule has 0 amide bonds. The molecule has 0 radical (unpaired) electrons. The van der Waals surface area contributed by atoms with Gasteiger partial charge in [-0.25, -0.2) is 0 Å². The summed E-state index contributed by atoms with van der Waals surface area (Å²) in [6, 6.07) is 16.9. The Morgan fingerprint density at radius 1 is 1.04 bits per heavy atom. The molecule has 1 unspecified atom stereocenters. The van der Waals surface area contributed by atoms with Gasteiger partial charge in [0.1, 0.15) is 0 Å². The molecule has 25 heavy (non-hydrogen) atoms. The van der Waals surface area contributed by atoms with Crippen molar-refractivity contribution in [3.8, 4) is 5.75 Å². The van der Waals surface area contributed by atoms with E-state index in [1.54, 1.807) is 12.1 Å². The van der Waals surface area contributed by atoms with Crippen LogP contribution in [-0.4, -0.2) is 26.0 Å². The fourth-order valence-corrected chi connectivity index (χ4v) is 4.54. The summed E-state index contributed by atoms with van der Waals surface area (Å²) in [4.78, 5) is 10.4. The Labute approximate surface area is 155 Å². The summed E-state index contributed by atoms with van der Waals surface area (Å²) in [5, 5.41) is 11.8. The Bertz CT molecular complexity index is 631. The number of benzene rings is 2. The van der Waals surface area contributed by atoms with Crippen molar-refractivity contribution in [2.75, 3.05) is 0 Å². The molecule has 0 aliphatic heterocycles. The van der Waals surface area contributed by atoms with Gasteiger partial charge in [0.25, 0.3) is 0 Å². The zero-order valence-corrected chi connectivity index (χ0v) is 16.3. The third-order valence-electron chi connectivity index (χ3n) is 3.91. The number of ether oxygens (including phenoxy) is 1. The van der Waals surface area contributed by atoms with Crippen molar-refractivity contribution in [2.45, 2.75) is 50.5 Å². The Morgan fingerprint density at radius 3 is 2.40 bits per heavy atom.